The molecule has 0 radical (unpaired) electrons. The van der Waals surface area contributed by atoms with E-state index < -0.39 is 5.60 Å². The Kier molecular flexibility index (Phi) is 5.39. The lowest BCUT2D eigenvalue weighted by atomic mass is 10.1. The normalized spacial score (nSPS) is 19.0. The highest BCUT2D eigenvalue weighted by Gasteiger charge is 2.39. The number of amides is 2. The van der Waals surface area contributed by atoms with Gasteiger partial charge >= 0.3 is 0 Å². The van der Waals surface area contributed by atoms with E-state index in [1.807, 2.05) is 17.0 Å². The van der Waals surface area contributed by atoms with E-state index in [1.54, 1.807) is 38.0 Å². The number of carbonyl (C=O) groups is 2. The highest BCUT2D eigenvalue weighted by molar-refractivity contribution is 5.90. The third-order valence-electron chi connectivity index (χ3n) is 5.26. The van der Waals surface area contributed by atoms with Gasteiger partial charge in [-0.1, -0.05) is 25.0 Å². The van der Waals surface area contributed by atoms with Crippen molar-refractivity contribution in [1.29, 1.82) is 0 Å². The van der Waals surface area contributed by atoms with Gasteiger partial charge in [0.25, 0.3) is 5.91 Å². The minimum absolute atomic E-state index is 0.0459. The number of benzene rings is 1. The average Bonchev–Trinajstić information content (AvgIpc) is 3.15. The number of methoxy groups -OCH3 is 1. The Morgan fingerprint density at radius 3 is 2.38 bits per heavy atom. The van der Waals surface area contributed by atoms with Gasteiger partial charge in [-0.15, -0.1) is 0 Å². The van der Waals surface area contributed by atoms with Crippen molar-refractivity contribution < 1.29 is 19.1 Å². The highest BCUT2D eigenvalue weighted by atomic mass is 16.5. The monoisotopic (exact) mass is 360 g/mol. The SMILES string of the molecule is COc1ccccc1OC(C)(C)C(=O)N1CCN(C2CCCC2)C(=O)C1. The van der Waals surface area contributed by atoms with Crippen LogP contribution in [-0.2, 0) is 9.59 Å². The van der Waals surface area contributed by atoms with E-state index >= 15 is 0 Å². The number of rotatable bonds is 5. The topological polar surface area (TPSA) is 59.1 Å². The summed E-state index contributed by atoms with van der Waals surface area (Å²) in [6, 6.07) is 7.61. The van der Waals surface area contributed by atoms with Crippen LogP contribution in [0, 0.1) is 0 Å². The molecule has 0 aromatic heterocycles. The third-order valence-corrected chi connectivity index (χ3v) is 5.26. The van der Waals surface area contributed by atoms with Crippen molar-refractivity contribution >= 4 is 11.8 Å². The summed E-state index contributed by atoms with van der Waals surface area (Å²) < 4.78 is 11.3. The Bertz CT molecular complexity index is 668. The van der Waals surface area contributed by atoms with Crippen molar-refractivity contribution in [2.45, 2.75) is 51.2 Å². The molecule has 6 nitrogen and oxygen atoms in total. The molecule has 1 aliphatic heterocycles. The van der Waals surface area contributed by atoms with Crippen LogP contribution in [0.1, 0.15) is 39.5 Å². The minimum Gasteiger partial charge on any atom is -0.493 e. The smallest absolute Gasteiger partial charge is 0.266 e. The quantitative estimate of drug-likeness (QED) is 0.809. The molecule has 1 saturated heterocycles. The number of hydrogen-bond acceptors (Lipinski definition) is 4. The summed E-state index contributed by atoms with van der Waals surface area (Å²) in [5, 5.41) is 0. The van der Waals surface area contributed by atoms with Gasteiger partial charge in [0.15, 0.2) is 17.1 Å². The minimum atomic E-state index is -1.08. The van der Waals surface area contributed by atoms with Crippen LogP contribution >= 0.6 is 0 Å². The van der Waals surface area contributed by atoms with Crippen LogP contribution in [0.5, 0.6) is 11.5 Å². The van der Waals surface area contributed by atoms with Gasteiger partial charge in [-0.05, 0) is 38.8 Å². The Hall–Kier alpha value is -2.24. The van der Waals surface area contributed by atoms with Gasteiger partial charge in [0.05, 0.1) is 13.7 Å². The van der Waals surface area contributed by atoms with Crippen molar-refractivity contribution in [3.8, 4) is 11.5 Å². The van der Waals surface area contributed by atoms with E-state index in [0.29, 0.717) is 30.6 Å². The van der Waals surface area contributed by atoms with Crippen molar-refractivity contribution in [3.63, 3.8) is 0 Å². The molecule has 1 aliphatic carbocycles. The molecule has 0 atom stereocenters. The fourth-order valence-electron chi connectivity index (χ4n) is 3.86. The molecular weight excluding hydrogens is 332 g/mol. The molecule has 1 aromatic rings. The molecule has 0 unspecified atom stereocenters. The first kappa shape index (κ1) is 18.5. The van der Waals surface area contributed by atoms with E-state index in [9.17, 15) is 9.59 Å². The Morgan fingerprint density at radius 2 is 1.77 bits per heavy atom. The molecule has 142 valence electrons. The second-order valence-electron chi connectivity index (χ2n) is 7.52. The number of para-hydroxylation sites is 2. The Balaban J connectivity index is 1.65. The zero-order chi connectivity index (χ0) is 18.7. The fourth-order valence-corrected chi connectivity index (χ4v) is 3.86. The highest BCUT2D eigenvalue weighted by Crippen LogP contribution is 2.31. The fraction of sp³-hybridized carbons (Fsp3) is 0.600. The molecule has 26 heavy (non-hydrogen) atoms. The van der Waals surface area contributed by atoms with Gasteiger partial charge in [-0.3, -0.25) is 9.59 Å². The number of piperazine rings is 1. The first-order chi connectivity index (χ1) is 12.4. The zero-order valence-electron chi connectivity index (χ0n) is 15.9. The van der Waals surface area contributed by atoms with Crippen molar-refractivity contribution in [2.24, 2.45) is 0 Å². The molecule has 0 bridgehead atoms. The lowest BCUT2D eigenvalue weighted by Gasteiger charge is -2.40. The lowest BCUT2D eigenvalue weighted by Crippen LogP contribution is -2.59. The molecule has 1 saturated carbocycles. The summed E-state index contributed by atoms with van der Waals surface area (Å²) in [6.45, 7) is 4.76. The standard InChI is InChI=1S/C20H28N2O4/c1-20(2,26-17-11-7-6-10-16(17)25-3)19(24)21-12-13-22(18(23)14-21)15-8-4-5-9-15/h6-7,10-11,15H,4-5,8-9,12-14H2,1-3H3. The third kappa shape index (κ3) is 3.79. The zero-order valence-corrected chi connectivity index (χ0v) is 15.9. The van der Waals surface area contributed by atoms with E-state index in [-0.39, 0.29) is 18.4 Å². The van der Waals surface area contributed by atoms with Gasteiger partial charge in [0.1, 0.15) is 0 Å². The first-order valence-electron chi connectivity index (χ1n) is 9.33. The number of hydrogen-bond donors (Lipinski definition) is 0. The molecule has 2 amide bonds. The largest absolute Gasteiger partial charge is 0.493 e. The molecule has 1 heterocycles. The molecule has 0 spiro atoms. The van der Waals surface area contributed by atoms with E-state index in [4.69, 9.17) is 9.47 Å². The van der Waals surface area contributed by atoms with E-state index in [0.717, 1.165) is 12.8 Å². The molecule has 2 aliphatic rings. The summed E-state index contributed by atoms with van der Waals surface area (Å²) in [5.41, 5.74) is -1.08. The van der Waals surface area contributed by atoms with Crippen molar-refractivity contribution in [2.75, 3.05) is 26.7 Å². The summed E-state index contributed by atoms with van der Waals surface area (Å²) in [6.07, 6.45) is 4.55. The summed E-state index contributed by atoms with van der Waals surface area (Å²) in [7, 11) is 1.57. The van der Waals surface area contributed by atoms with Gasteiger partial charge < -0.3 is 19.3 Å². The average molecular weight is 360 g/mol. The van der Waals surface area contributed by atoms with Crippen LogP contribution in [0.15, 0.2) is 24.3 Å². The van der Waals surface area contributed by atoms with Crippen molar-refractivity contribution in [3.05, 3.63) is 24.3 Å². The lowest BCUT2D eigenvalue weighted by molar-refractivity contribution is -0.155. The van der Waals surface area contributed by atoms with E-state index in [2.05, 4.69) is 0 Å². The molecule has 6 heteroatoms. The first-order valence-corrected chi connectivity index (χ1v) is 9.33. The number of nitrogens with zero attached hydrogens (tertiary/aromatic N) is 2. The molecule has 1 aromatic carbocycles. The van der Waals surface area contributed by atoms with Gasteiger partial charge in [0.2, 0.25) is 5.91 Å². The van der Waals surface area contributed by atoms with Crippen LogP contribution in [-0.4, -0.2) is 60.0 Å². The summed E-state index contributed by atoms with van der Waals surface area (Å²) in [5.74, 6) is 0.965. The Labute approximate surface area is 155 Å². The maximum atomic E-state index is 13.0. The molecular formula is C20H28N2O4. The van der Waals surface area contributed by atoms with Gasteiger partial charge in [-0.2, -0.15) is 0 Å². The van der Waals surface area contributed by atoms with Crippen LogP contribution in [0.4, 0.5) is 0 Å². The van der Waals surface area contributed by atoms with Crippen LogP contribution in [0.25, 0.3) is 0 Å². The molecule has 3 rings (SSSR count). The number of carbonyl (C=O) groups excluding carboxylic acids is 2. The summed E-state index contributed by atoms with van der Waals surface area (Å²) >= 11 is 0. The maximum Gasteiger partial charge on any atom is 0.266 e. The van der Waals surface area contributed by atoms with Crippen LogP contribution < -0.4 is 9.47 Å². The van der Waals surface area contributed by atoms with Crippen LogP contribution in [0.2, 0.25) is 0 Å². The second-order valence-corrected chi connectivity index (χ2v) is 7.52. The predicted molar refractivity (Wildman–Crippen MR) is 98.3 cm³/mol. The molecule has 0 N–H and O–H groups in total. The number of ether oxygens (including phenoxy) is 2. The van der Waals surface area contributed by atoms with E-state index in [1.165, 1.54) is 12.8 Å². The van der Waals surface area contributed by atoms with Crippen molar-refractivity contribution in [1.82, 2.24) is 9.80 Å². The maximum absolute atomic E-state index is 13.0. The van der Waals surface area contributed by atoms with Gasteiger partial charge in [-0.25, -0.2) is 0 Å². The second kappa shape index (κ2) is 7.56. The molecule has 2 fully saturated rings. The summed E-state index contributed by atoms with van der Waals surface area (Å²) in [4.78, 5) is 29.1. The van der Waals surface area contributed by atoms with Gasteiger partial charge in [0, 0.05) is 19.1 Å². The Morgan fingerprint density at radius 1 is 1.12 bits per heavy atom. The predicted octanol–water partition coefficient (Wildman–Crippen LogP) is 2.47. The van der Waals surface area contributed by atoms with Crippen LogP contribution in [0.3, 0.4) is 0 Å².